The van der Waals surface area contributed by atoms with Crippen LogP contribution in [0.1, 0.15) is 27.2 Å². The molecule has 1 aromatic rings. The maximum absolute atomic E-state index is 13.4. The topological polar surface area (TPSA) is 54.5 Å². The van der Waals surface area contributed by atoms with Gasteiger partial charge in [-0.3, -0.25) is 0 Å². The molecule has 0 radical (unpaired) electrons. The van der Waals surface area contributed by atoms with Crippen LogP contribution in [0.2, 0.25) is 0 Å². The number of aromatic nitrogens is 1. The van der Waals surface area contributed by atoms with Gasteiger partial charge in [-0.15, -0.1) is 0 Å². The summed E-state index contributed by atoms with van der Waals surface area (Å²) in [6.45, 7) is 7.44. The van der Waals surface area contributed by atoms with Gasteiger partial charge in [0.05, 0.1) is 0 Å². The van der Waals surface area contributed by atoms with Crippen LogP contribution in [0.4, 0.5) is 15.0 Å². The molecule has 1 aliphatic rings. The molecule has 1 fully saturated rings. The smallest absolute Gasteiger partial charge is 0.410 e. The predicted octanol–water partition coefficient (Wildman–Crippen LogP) is 2.89. The van der Waals surface area contributed by atoms with Gasteiger partial charge in [-0.2, -0.15) is 0 Å². The summed E-state index contributed by atoms with van der Waals surface area (Å²) in [6.07, 6.45) is 2.14. The second-order valence-electron chi connectivity index (χ2n) is 6.30. The minimum atomic E-state index is -0.482. The van der Waals surface area contributed by atoms with Crippen molar-refractivity contribution in [1.82, 2.24) is 9.88 Å². The Morgan fingerprint density at radius 2 is 2.33 bits per heavy atom. The van der Waals surface area contributed by atoms with Crippen LogP contribution in [0.25, 0.3) is 0 Å². The first-order valence-electron chi connectivity index (χ1n) is 7.17. The molecule has 1 aliphatic heterocycles. The molecule has 6 heteroatoms. The van der Waals surface area contributed by atoms with Gasteiger partial charge in [-0.25, -0.2) is 14.2 Å². The molecule has 1 amide bonds. The van der Waals surface area contributed by atoms with Crippen molar-refractivity contribution >= 4 is 11.9 Å². The molecule has 0 saturated carbocycles. The van der Waals surface area contributed by atoms with Crippen LogP contribution in [0.15, 0.2) is 18.3 Å². The van der Waals surface area contributed by atoms with E-state index in [4.69, 9.17) is 4.74 Å². The Kier molecular flexibility index (Phi) is 4.65. The number of halogens is 1. The van der Waals surface area contributed by atoms with Crippen LogP contribution in [-0.2, 0) is 4.74 Å². The van der Waals surface area contributed by atoms with E-state index in [1.807, 2.05) is 20.8 Å². The van der Waals surface area contributed by atoms with E-state index in [9.17, 15) is 9.18 Å². The van der Waals surface area contributed by atoms with E-state index in [1.54, 1.807) is 17.2 Å². The normalized spacial score (nSPS) is 18.7. The number of rotatable bonds is 3. The molecular weight excluding hydrogens is 273 g/mol. The second-order valence-corrected chi connectivity index (χ2v) is 6.30. The van der Waals surface area contributed by atoms with Crippen LogP contribution >= 0.6 is 0 Å². The van der Waals surface area contributed by atoms with Crippen LogP contribution in [0.3, 0.4) is 0 Å². The lowest BCUT2D eigenvalue weighted by Crippen LogP contribution is -2.35. The van der Waals surface area contributed by atoms with Gasteiger partial charge in [-0.05, 0) is 45.2 Å². The number of hydrogen-bond acceptors (Lipinski definition) is 4. The van der Waals surface area contributed by atoms with Gasteiger partial charge < -0.3 is 15.0 Å². The van der Waals surface area contributed by atoms with Crippen molar-refractivity contribution in [3.05, 3.63) is 24.1 Å². The van der Waals surface area contributed by atoms with Gasteiger partial charge in [0.1, 0.15) is 5.60 Å². The Bertz CT molecular complexity index is 502. The summed E-state index contributed by atoms with van der Waals surface area (Å²) < 4.78 is 18.8. The number of nitrogens with zero attached hydrogens (tertiary/aromatic N) is 2. The van der Waals surface area contributed by atoms with E-state index < -0.39 is 5.60 Å². The average Bonchev–Trinajstić information content (AvgIpc) is 2.85. The Labute approximate surface area is 124 Å². The lowest BCUT2D eigenvalue weighted by molar-refractivity contribution is 0.0289. The molecule has 1 saturated heterocycles. The zero-order chi connectivity index (χ0) is 15.5. The number of hydrogen-bond donors (Lipinski definition) is 1. The Morgan fingerprint density at radius 3 is 3.00 bits per heavy atom. The van der Waals surface area contributed by atoms with E-state index >= 15 is 0 Å². The number of nitrogens with one attached hydrogen (secondary N) is 1. The highest BCUT2D eigenvalue weighted by molar-refractivity contribution is 5.68. The highest BCUT2D eigenvalue weighted by Crippen LogP contribution is 2.20. The van der Waals surface area contributed by atoms with Gasteiger partial charge in [0.25, 0.3) is 0 Å². The molecule has 0 unspecified atom stereocenters. The molecule has 1 N–H and O–H groups in total. The average molecular weight is 295 g/mol. The van der Waals surface area contributed by atoms with Crippen molar-refractivity contribution in [3.8, 4) is 0 Å². The summed E-state index contributed by atoms with van der Waals surface area (Å²) in [6, 6.07) is 2.93. The van der Waals surface area contributed by atoms with Gasteiger partial charge in [0, 0.05) is 25.8 Å². The summed E-state index contributed by atoms with van der Waals surface area (Å²) >= 11 is 0. The van der Waals surface area contributed by atoms with Crippen molar-refractivity contribution in [2.75, 3.05) is 25.0 Å². The van der Waals surface area contributed by atoms with Crippen molar-refractivity contribution in [2.45, 2.75) is 32.8 Å². The number of carbonyl (C=O) groups is 1. The van der Waals surface area contributed by atoms with E-state index in [0.717, 1.165) is 6.42 Å². The van der Waals surface area contributed by atoms with Gasteiger partial charge in [0.2, 0.25) is 0 Å². The third-order valence-electron chi connectivity index (χ3n) is 3.25. The SMILES string of the molecule is CC(C)(C)OC(=O)N1CC[C@@H](CNc2ncccc2F)C1. The first-order chi connectivity index (χ1) is 9.85. The van der Waals surface area contributed by atoms with Crippen LogP contribution < -0.4 is 5.32 Å². The summed E-state index contributed by atoms with van der Waals surface area (Å²) in [4.78, 5) is 17.6. The zero-order valence-electron chi connectivity index (χ0n) is 12.7. The number of pyridine rings is 1. The van der Waals surface area contributed by atoms with E-state index in [1.165, 1.54) is 6.07 Å². The Hall–Kier alpha value is -1.85. The van der Waals surface area contributed by atoms with E-state index in [-0.39, 0.29) is 23.6 Å². The fourth-order valence-corrected chi connectivity index (χ4v) is 2.25. The van der Waals surface area contributed by atoms with Crippen molar-refractivity contribution in [3.63, 3.8) is 0 Å². The van der Waals surface area contributed by atoms with Crippen LogP contribution in [0, 0.1) is 11.7 Å². The summed E-state index contributed by atoms with van der Waals surface area (Å²) in [5, 5.41) is 3.00. The first-order valence-corrected chi connectivity index (χ1v) is 7.17. The van der Waals surface area contributed by atoms with Crippen molar-refractivity contribution < 1.29 is 13.9 Å². The monoisotopic (exact) mass is 295 g/mol. The lowest BCUT2D eigenvalue weighted by atomic mass is 10.1. The molecule has 0 spiro atoms. The summed E-state index contributed by atoms with van der Waals surface area (Å²) in [5.41, 5.74) is -0.482. The number of anilines is 1. The molecule has 2 rings (SSSR count). The highest BCUT2D eigenvalue weighted by atomic mass is 19.1. The fraction of sp³-hybridized carbons (Fsp3) is 0.600. The number of likely N-dealkylation sites (tertiary alicyclic amines) is 1. The maximum Gasteiger partial charge on any atom is 0.410 e. The number of ether oxygens (including phenoxy) is 1. The maximum atomic E-state index is 13.4. The second kappa shape index (κ2) is 6.28. The quantitative estimate of drug-likeness (QED) is 0.931. The fourth-order valence-electron chi connectivity index (χ4n) is 2.25. The molecule has 116 valence electrons. The number of carbonyl (C=O) groups excluding carboxylic acids is 1. The van der Waals surface area contributed by atoms with Gasteiger partial charge in [-0.1, -0.05) is 0 Å². The molecule has 0 aromatic carbocycles. The summed E-state index contributed by atoms with van der Waals surface area (Å²) in [5.74, 6) is 0.173. The van der Waals surface area contributed by atoms with Crippen molar-refractivity contribution in [2.24, 2.45) is 5.92 Å². The van der Waals surface area contributed by atoms with E-state index in [2.05, 4.69) is 10.3 Å². The van der Waals surface area contributed by atoms with Crippen molar-refractivity contribution in [1.29, 1.82) is 0 Å². The molecule has 5 nitrogen and oxygen atoms in total. The lowest BCUT2D eigenvalue weighted by Gasteiger charge is -2.24. The minimum absolute atomic E-state index is 0.258. The van der Waals surface area contributed by atoms with Gasteiger partial charge >= 0.3 is 6.09 Å². The third kappa shape index (κ3) is 4.58. The Balaban J connectivity index is 1.80. The largest absolute Gasteiger partial charge is 0.444 e. The first kappa shape index (κ1) is 15.5. The van der Waals surface area contributed by atoms with E-state index in [0.29, 0.717) is 19.6 Å². The molecule has 0 bridgehead atoms. The van der Waals surface area contributed by atoms with Gasteiger partial charge in [0.15, 0.2) is 11.6 Å². The molecule has 2 heterocycles. The predicted molar refractivity (Wildman–Crippen MR) is 78.6 cm³/mol. The Morgan fingerprint density at radius 1 is 1.57 bits per heavy atom. The van der Waals surface area contributed by atoms with Crippen LogP contribution in [0.5, 0.6) is 0 Å². The molecule has 1 aromatic heterocycles. The summed E-state index contributed by atoms with van der Waals surface area (Å²) in [7, 11) is 0. The molecule has 0 aliphatic carbocycles. The zero-order valence-corrected chi connectivity index (χ0v) is 12.7. The molecule has 21 heavy (non-hydrogen) atoms. The third-order valence-corrected chi connectivity index (χ3v) is 3.25. The standard InChI is InChI=1S/C15H22FN3O2/c1-15(2,3)21-14(20)19-8-6-11(10-19)9-18-13-12(16)5-4-7-17-13/h4-5,7,11H,6,8-10H2,1-3H3,(H,17,18)/t11-/m0/s1. The molecular formula is C15H22FN3O2. The van der Waals surface area contributed by atoms with Crippen LogP contribution in [-0.4, -0.2) is 41.2 Å². The minimum Gasteiger partial charge on any atom is -0.444 e. The molecule has 1 atom stereocenters. The number of amides is 1. The highest BCUT2D eigenvalue weighted by Gasteiger charge is 2.29.